The molecule has 1 aliphatic carbocycles. The van der Waals surface area contributed by atoms with Crippen molar-refractivity contribution in [1.82, 2.24) is 4.98 Å². The zero-order valence-corrected chi connectivity index (χ0v) is 13.4. The van der Waals surface area contributed by atoms with Gasteiger partial charge in [-0.3, -0.25) is 0 Å². The minimum absolute atomic E-state index is 0.211. The standard InChI is InChI=1S/C19H22N2O2/c1-2-23-18(22)15-9-10-17(20-13-15)21-14-19(11-6-12-19)16-7-4-3-5-8-16/h3-5,7-10,13H,2,6,11-12,14H2,1H3,(H,20,21). The minimum atomic E-state index is -0.328. The normalized spacial score (nSPS) is 15.5. The zero-order valence-electron chi connectivity index (χ0n) is 13.4. The number of aromatic nitrogens is 1. The van der Waals surface area contributed by atoms with Crippen LogP contribution in [0, 0.1) is 0 Å². The van der Waals surface area contributed by atoms with Gasteiger partial charge in [-0.15, -0.1) is 0 Å². The fourth-order valence-electron chi connectivity index (χ4n) is 3.06. The molecule has 4 heteroatoms. The van der Waals surface area contributed by atoms with Crippen LogP contribution in [0.1, 0.15) is 42.1 Å². The summed E-state index contributed by atoms with van der Waals surface area (Å²) < 4.78 is 4.97. The molecule has 1 aromatic carbocycles. The van der Waals surface area contributed by atoms with Crippen LogP contribution in [0.2, 0.25) is 0 Å². The number of ether oxygens (including phenoxy) is 1. The summed E-state index contributed by atoms with van der Waals surface area (Å²) in [6.07, 6.45) is 5.23. The molecule has 0 amide bonds. The van der Waals surface area contributed by atoms with Crippen LogP contribution in [-0.4, -0.2) is 24.1 Å². The van der Waals surface area contributed by atoms with Gasteiger partial charge in [0.05, 0.1) is 12.2 Å². The quantitative estimate of drug-likeness (QED) is 0.825. The van der Waals surface area contributed by atoms with Gasteiger partial charge in [-0.05, 0) is 37.5 Å². The molecule has 1 N–H and O–H groups in total. The molecule has 0 saturated heterocycles. The summed E-state index contributed by atoms with van der Waals surface area (Å²) in [5, 5.41) is 3.42. The second-order valence-corrected chi connectivity index (χ2v) is 6.01. The van der Waals surface area contributed by atoms with E-state index < -0.39 is 0 Å². The predicted octanol–water partition coefficient (Wildman–Crippen LogP) is 3.79. The fourth-order valence-corrected chi connectivity index (χ4v) is 3.06. The Morgan fingerprint density at radius 1 is 1.22 bits per heavy atom. The molecular formula is C19H22N2O2. The third kappa shape index (κ3) is 3.36. The van der Waals surface area contributed by atoms with E-state index in [1.54, 1.807) is 19.2 Å². The van der Waals surface area contributed by atoms with Gasteiger partial charge >= 0.3 is 5.97 Å². The molecule has 1 saturated carbocycles. The molecule has 0 unspecified atom stereocenters. The van der Waals surface area contributed by atoms with E-state index in [0.29, 0.717) is 12.2 Å². The molecule has 1 fully saturated rings. The SMILES string of the molecule is CCOC(=O)c1ccc(NCC2(c3ccccc3)CCC2)nc1. The predicted molar refractivity (Wildman–Crippen MR) is 90.7 cm³/mol. The first kappa shape index (κ1) is 15.5. The average Bonchev–Trinajstić information content (AvgIpc) is 2.56. The third-order valence-electron chi connectivity index (χ3n) is 4.58. The summed E-state index contributed by atoms with van der Waals surface area (Å²) in [5.41, 5.74) is 2.09. The Bertz CT molecular complexity index is 649. The average molecular weight is 310 g/mol. The van der Waals surface area contributed by atoms with Crippen molar-refractivity contribution in [2.75, 3.05) is 18.5 Å². The van der Waals surface area contributed by atoms with Crippen LogP contribution < -0.4 is 5.32 Å². The number of hydrogen-bond acceptors (Lipinski definition) is 4. The van der Waals surface area contributed by atoms with Crippen molar-refractivity contribution in [3.05, 3.63) is 59.8 Å². The molecule has 2 aromatic rings. The Kier molecular flexibility index (Phi) is 4.60. The van der Waals surface area contributed by atoms with Crippen molar-refractivity contribution in [3.8, 4) is 0 Å². The van der Waals surface area contributed by atoms with Crippen LogP contribution in [0.15, 0.2) is 48.7 Å². The Morgan fingerprint density at radius 3 is 2.57 bits per heavy atom. The molecule has 0 radical (unpaired) electrons. The lowest BCUT2D eigenvalue weighted by Crippen LogP contribution is -2.41. The molecule has 1 heterocycles. The first-order valence-electron chi connectivity index (χ1n) is 8.16. The molecule has 1 aliphatic rings. The lowest BCUT2D eigenvalue weighted by atomic mass is 9.64. The number of anilines is 1. The Balaban J connectivity index is 1.65. The maximum absolute atomic E-state index is 11.6. The first-order valence-corrected chi connectivity index (χ1v) is 8.16. The number of rotatable bonds is 6. The number of esters is 1. The number of hydrogen-bond donors (Lipinski definition) is 1. The van der Waals surface area contributed by atoms with E-state index in [1.807, 2.05) is 6.07 Å². The van der Waals surface area contributed by atoms with Crippen LogP contribution >= 0.6 is 0 Å². The fraction of sp³-hybridized carbons (Fsp3) is 0.368. The lowest BCUT2D eigenvalue weighted by molar-refractivity contribution is 0.0526. The van der Waals surface area contributed by atoms with Crippen molar-refractivity contribution in [1.29, 1.82) is 0 Å². The van der Waals surface area contributed by atoms with E-state index in [9.17, 15) is 4.79 Å². The highest BCUT2D eigenvalue weighted by atomic mass is 16.5. The molecule has 0 aliphatic heterocycles. The lowest BCUT2D eigenvalue weighted by Gasteiger charge is -2.42. The van der Waals surface area contributed by atoms with Crippen LogP contribution in [0.5, 0.6) is 0 Å². The summed E-state index contributed by atoms with van der Waals surface area (Å²) in [6, 6.07) is 14.3. The number of nitrogens with zero attached hydrogens (tertiary/aromatic N) is 1. The number of pyridine rings is 1. The summed E-state index contributed by atoms with van der Waals surface area (Å²) in [7, 11) is 0. The van der Waals surface area contributed by atoms with E-state index in [4.69, 9.17) is 4.74 Å². The molecule has 0 bridgehead atoms. The topological polar surface area (TPSA) is 51.2 Å². The first-order chi connectivity index (χ1) is 11.2. The molecular weight excluding hydrogens is 288 g/mol. The van der Waals surface area contributed by atoms with Gasteiger partial charge < -0.3 is 10.1 Å². The number of carbonyl (C=O) groups is 1. The van der Waals surface area contributed by atoms with Gasteiger partial charge in [-0.25, -0.2) is 9.78 Å². The van der Waals surface area contributed by atoms with Gasteiger partial charge in [0.2, 0.25) is 0 Å². The van der Waals surface area contributed by atoms with E-state index in [1.165, 1.54) is 24.8 Å². The van der Waals surface area contributed by atoms with Gasteiger partial charge in [0.1, 0.15) is 5.82 Å². The number of carbonyl (C=O) groups excluding carboxylic acids is 1. The van der Waals surface area contributed by atoms with Crippen LogP contribution in [0.4, 0.5) is 5.82 Å². The Hall–Kier alpha value is -2.36. The van der Waals surface area contributed by atoms with Crippen molar-refractivity contribution < 1.29 is 9.53 Å². The van der Waals surface area contributed by atoms with Crippen molar-refractivity contribution in [2.45, 2.75) is 31.6 Å². The van der Waals surface area contributed by atoms with Crippen LogP contribution in [0.25, 0.3) is 0 Å². The Labute approximate surface area is 136 Å². The molecule has 1 aromatic heterocycles. The van der Waals surface area contributed by atoms with Gasteiger partial charge in [-0.2, -0.15) is 0 Å². The molecule has 0 atom stereocenters. The summed E-state index contributed by atoms with van der Waals surface area (Å²) in [5.74, 6) is 0.464. The molecule has 120 valence electrons. The van der Waals surface area contributed by atoms with Gasteiger partial charge in [-0.1, -0.05) is 36.8 Å². The van der Waals surface area contributed by atoms with Crippen LogP contribution in [-0.2, 0) is 10.2 Å². The second-order valence-electron chi connectivity index (χ2n) is 6.01. The molecule has 0 spiro atoms. The monoisotopic (exact) mass is 310 g/mol. The largest absolute Gasteiger partial charge is 0.462 e. The highest BCUT2D eigenvalue weighted by molar-refractivity contribution is 5.89. The maximum atomic E-state index is 11.6. The number of benzene rings is 1. The van der Waals surface area contributed by atoms with E-state index >= 15 is 0 Å². The van der Waals surface area contributed by atoms with Gasteiger partial charge in [0.15, 0.2) is 0 Å². The number of nitrogens with one attached hydrogen (secondary N) is 1. The van der Waals surface area contributed by atoms with Crippen molar-refractivity contribution in [3.63, 3.8) is 0 Å². The molecule has 23 heavy (non-hydrogen) atoms. The van der Waals surface area contributed by atoms with Gasteiger partial charge in [0, 0.05) is 18.2 Å². The highest BCUT2D eigenvalue weighted by Crippen LogP contribution is 2.43. The van der Waals surface area contributed by atoms with Crippen molar-refractivity contribution in [2.24, 2.45) is 0 Å². The summed E-state index contributed by atoms with van der Waals surface area (Å²) in [6.45, 7) is 3.03. The third-order valence-corrected chi connectivity index (χ3v) is 4.58. The van der Waals surface area contributed by atoms with E-state index in [2.05, 4.69) is 40.6 Å². The van der Waals surface area contributed by atoms with Crippen LogP contribution in [0.3, 0.4) is 0 Å². The molecule has 3 rings (SSSR count). The van der Waals surface area contributed by atoms with E-state index in [-0.39, 0.29) is 11.4 Å². The smallest absolute Gasteiger partial charge is 0.339 e. The zero-order chi connectivity index (χ0) is 16.1. The maximum Gasteiger partial charge on any atom is 0.339 e. The molecule has 4 nitrogen and oxygen atoms in total. The van der Waals surface area contributed by atoms with Gasteiger partial charge in [0.25, 0.3) is 0 Å². The minimum Gasteiger partial charge on any atom is -0.462 e. The highest BCUT2D eigenvalue weighted by Gasteiger charge is 2.38. The van der Waals surface area contributed by atoms with E-state index in [0.717, 1.165) is 12.4 Å². The Morgan fingerprint density at radius 2 is 2.00 bits per heavy atom. The summed E-state index contributed by atoms with van der Waals surface area (Å²) in [4.78, 5) is 16.0. The summed E-state index contributed by atoms with van der Waals surface area (Å²) >= 11 is 0. The van der Waals surface area contributed by atoms with Crippen molar-refractivity contribution >= 4 is 11.8 Å². The second kappa shape index (κ2) is 6.82.